The van der Waals surface area contributed by atoms with Crippen LogP contribution in [-0.4, -0.2) is 29.3 Å². The molecule has 0 saturated carbocycles. The second kappa shape index (κ2) is 11.8. The number of thioether (sulfide) groups is 1. The Labute approximate surface area is 191 Å². The molecule has 3 N–H and O–H groups in total. The number of ether oxygens (including phenoxy) is 1. The molecule has 0 fully saturated rings. The Morgan fingerprint density at radius 2 is 1.84 bits per heavy atom. The number of carbonyl (C=O) groups excluding carboxylic acids is 2. The minimum atomic E-state index is -0.300. The second-order valence-electron chi connectivity index (χ2n) is 6.95. The van der Waals surface area contributed by atoms with Gasteiger partial charge in [-0.1, -0.05) is 30.3 Å². The minimum Gasteiger partial charge on any atom is -0.484 e. The number of hydrogen-bond donors (Lipinski definition) is 2. The van der Waals surface area contributed by atoms with Crippen LogP contribution in [0.3, 0.4) is 0 Å². The highest BCUT2D eigenvalue weighted by Crippen LogP contribution is 2.21. The summed E-state index contributed by atoms with van der Waals surface area (Å²) in [5.74, 6) is 7.00. The molecule has 1 amide bonds. The molecule has 166 valence electrons. The van der Waals surface area contributed by atoms with E-state index in [9.17, 15) is 9.59 Å². The fraction of sp³-hybridized carbons (Fsp3) is 0.208. The fourth-order valence-corrected chi connectivity index (χ4v) is 3.75. The lowest BCUT2D eigenvalue weighted by Crippen LogP contribution is -2.28. The molecule has 0 radical (unpaired) electrons. The number of hydrazone groups is 1. The minimum absolute atomic E-state index is 0.135. The van der Waals surface area contributed by atoms with Crippen LogP contribution in [0.1, 0.15) is 23.8 Å². The Morgan fingerprint density at radius 1 is 1.09 bits per heavy atom. The van der Waals surface area contributed by atoms with Crippen LogP contribution in [-0.2, 0) is 21.9 Å². The molecular weight excluding hydrogens is 426 g/mol. The van der Waals surface area contributed by atoms with Gasteiger partial charge in [0.2, 0.25) is 0 Å². The van der Waals surface area contributed by atoms with Gasteiger partial charge in [-0.2, -0.15) is 5.10 Å². The van der Waals surface area contributed by atoms with Gasteiger partial charge in [0, 0.05) is 11.3 Å². The molecule has 3 rings (SSSR count). The zero-order chi connectivity index (χ0) is 22.8. The third-order valence-electron chi connectivity index (χ3n) is 4.61. The first-order valence-corrected chi connectivity index (χ1v) is 11.1. The average Bonchev–Trinajstić information content (AvgIpc) is 3.35. The number of nitrogens with two attached hydrogens (primary N) is 1. The number of Topliss-reactive ketones (excluding diaryl/α,β-unsaturated/α-hetero) is 1. The van der Waals surface area contributed by atoms with Crippen molar-refractivity contribution in [2.24, 2.45) is 10.9 Å². The Bertz CT molecular complexity index is 1030. The van der Waals surface area contributed by atoms with Crippen LogP contribution in [0.4, 0.5) is 0 Å². The summed E-state index contributed by atoms with van der Waals surface area (Å²) < 4.78 is 10.7. The molecule has 1 heterocycles. The van der Waals surface area contributed by atoms with Crippen molar-refractivity contribution in [2.75, 3.05) is 6.61 Å². The van der Waals surface area contributed by atoms with E-state index in [4.69, 9.17) is 15.0 Å². The number of amides is 1. The molecule has 0 saturated heterocycles. The van der Waals surface area contributed by atoms with E-state index in [1.54, 1.807) is 42.7 Å². The van der Waals surface area contributed by atoms with E-state index in [0.29, 0.717) is 23.6 Å². The molecule has 8 heteroatoms. The summed E-state index contributed by atoms with van der Waals surface area (Å²) in [6.45, 7) is 2.01. The average molecular weight is 452 g/mol. The molecule has 1 atom stereocenters. The first-order chi connectivity index (χ1) is 15.6. The summed E-state index contributed by atoms with van der Waals surface area (Å²) in [6.07, 6.45) is 1.55. The number of carbonyl (C=O) groups is 2. The number of nitrogens with one attached hydrogen (secondary N) is 1. The highest BCUT2D eigenvalue weighted by molar-refractivity contribution is 7.99. The Balaban J connectivity index is 1.50. The van der Waals surface area contributed by atoms with Crippen LogP contribution in [0.2, 0.25) is 0 Å². The molecule has 0 aliphatic rings. The van der Waals surface area contributed by atoms with Gasteiger partial charge in [-0.25, -0.2) is 0 Å². The monoisotopic (exact) mass is 451 g/mol. The smallest absolute Gasteiger partial charge is 0.258 e. The lowest BCUT2D eigenvalue weighted by atomic mass is 10.0. The van der Waals surface area contributed by atoms with E-state index in [-0.39, 0.29) is 29.3 Å². The van der Waals surface area contributed by atoms with Crippen LogP contribution < -0.4 is 15.9 Å². The molecule has 1 aromatic heterocycles. The molecular formula is C24H25N3O4S. The molecule has 1 unspecified atom stereocenters. The maximum absolute atomic E-state index is 12.8. The van der Waals surface area contributed by atoms with Crippen LogP contribution in [0.15, 0.2) is 82.5 Å². The molecule has 3 aromatic rings. The van der Waals surface area contributed by atoms with E-state index in [1.165, 1.54) is 11.8 Å². The second-order valence-corrected chi connectivity index (χ2v) is 8.28. The van der Waals surface area contributed by atoms with Gasteiger partial charge in [-0.3, -0.25) is 9.59 Å². The van der Waals surface area contributed by atoms with Crippen molar-refractivity contribution in [1.82, 2.24) is 5.32 Å². The summed E-state index contributed by atoms with van der Waals surface area (Å²) in [5, 5.41) is 6.13. The first-order valence-electron chi connectivity index (χ1n) is 10.1. The van der Waals surface area contributed by atoms with E-state index < -0.39 is 0 Å². The number of ketones is 1. The highest BCUT2D eigenvalue weighted by Gasteiger charge is 2.21. The highest BCUT2D eigenvalue weighted by atomic mass is 32.2. The lowest BCUT2D eigenvalue weighted by Gasteiger charge is -2.12. The van der Waals surface area contributed by atoms with E-state index in [0.717, 1.165) is 11.3 Å². The maximum Gasteiger partial charge on any atom is 0.258 e. The topological polar surface area (TPSA) is 107 Å². The maximum atomic E-state index is 12.8. The van der Waals surface area contributed by atoms with Crippen molar-refractivity contribution in [3.05, 3.63) is 89.9 Å². The van der Waals surface area contributed by atoms with Crippen molar-refractivity contribution < 1.29 is 18.7 Å². The standard InChI is InChI=1S/C24H25N3O4S/c1-17(32-16-18-6-3-2-4-7-18)24(29)23(27-25)19-9-11-20(12-10-19)31-15-22(28)26-14-21-8-5-13-30-21/h2-13,17H,14-16,25H2,1H3,(H,26,28)/b27-23+. The van der Waals surface area contributed by atoms with Gasteiger partial charge in [0.05, 0.1) is 18.1 Å². The Kier molecular flexibility index (Phi) is 8.51. The molecule has 0 spiro atoms. The van der Waals surface area contributed by atoms with Gasteiger partial charge < -0.3 is 20.3 Å². The van der Waals surface area contributed by atoms with Crippen LogP contribution in [0, 0.1) is 0 Å². The molecule has 32 heavy (non-hydrogen) atoms. The summed E-state index contributed by atoms with van der Waals surface area (Å²) in [7, 11) is 0. The Hall–Kier alpha value is -3.52. The third-order valence-corrected chi connectivity index (χ3v) is 5.83. The zero-order valence-corrected chi connectivity index (χ0v) is 18.5. The van der Waals surface area contributed by atoms with Gasteiger partial charge in [-0.15, -0.1) is 11.8 Å². The summed E-state index contributed by atoms with van der Waals surface area (Å²) in [6, 6.07) is 20.2. The zero-order valence-electron chi connectivity index (χ0n) is 17.7. The molecule has 0 aliphatic carbocycles. The SMILES string of the molecule is CC(SCc1ccccc1)C(=O)/C(=N/N)c1ccc(OCC(=O)NCc2ccco2)cc1. The van der Waals surface area contributed by atoms with Crippen LogP contribution in [0.25, 0.3) is 0 Å². The predicted molar refractivity (Wildman–Crippen MR) is 125 cm³/mol. The predicted octanol–water partition coefficient (Wildman–Crippen LogP) is 3.53. The van der Waals surface area contributed by atoms with Crippen molar-refractivity contribution in [3.63, 3.8) is 0 Å². The third kappa shape index (κ3) is 6.75. The summed E-state index contributed by atoms with van der Waals surface area (Å²) >= 11 is 1.53. The Morgan fingerprint density at radius 3 is 2.50 bits per heavy atom. The molecule has 2 aromatic carbocycles. The van der Waals surface area contributed by atoms with E-state index >= 15 is 0 Å². The summed E-state index contributed by atoms with van der Waals surface area (Å²) in [5.41, 5.74) is 1.96. The molecule has 0 bridgehead atoms. The van der Waals surface area contributed by atoms with Gasteiger partial charge in [-0.05, 0) is 48.9 Å². The van der Waals surface area contributed by atoms with Crippen molar-refractivity contribution in [3.8, 4) is 5.75 Å². The number of furan rings is 1. The van der Waals surface area contributed by atoms with Crippen molar-refractivity contribution >= 4 is 29.2 Å². The van der Waals surface area contributed by atoms with Gasteiger partial charge >= 0.3 is 0 Å². The first kappa shape index (κ1) is 23.1. The van der Waals surface area contributed by atoms with Gasteiger partial charge in [0.1, 0.15) is 17.2 Å². The van der Waals surface area contributed by atoms with Crippen LogP contribution in [0.5, 0.6) is 5.75 Å². The van der Waals surface area contributed by atoms with E-state index in [1.807, 2.05) is 37.3 Å². The number of rotatable bonds is 11. The quantitative estimate of drug-likeness (QED) is 0.262. The number of nitrogens with zero attached hydrogens (tertiary/aromatic N) is 1. The van der Waals surface area contributed by atoms with Gasteiger partial charge in [0.15, 0.2) is 12.4 Å². The number of benzene rings is 2. The van der Waals surface area contributed by atoms with E-state index in [2.05, 4.69) is 10.4 Å². The van der Waals surface area contributed by atoms with Gasteiger partial charge in [0.25, 0.3) is 5.91 Å². The van der Waals surface area contributed by atoms with Crippen LogP contribution >= 0.6 is 11.8 Å². The lowest BCUT2D eigenvalue weighted by molar-refractivity contribution is -0.123. The van der Waals surface area contributed by atoms with Crippen molar-refractivity contribution in [1.29, 1.82) is 0 Å². The number of hydrogen-bond acceptors (Lipinski definition) is 7. The molecule has 7 nitrogen and oxygen atoms in total. The molecule has 0 aliphatic heterocycles. The van der Waals surface area contributed by atoms with Crippen molar-refractivity contribution in [2.45, 2.75) is 24.5 Å². The fourth-order valence-electron chi connectivity index (χ4n) is 2.85. The summed E-state index contributed by atoms with van der Waals surface area (Å²) in [4.78, 5) is 24.7. The largest absolute Gasteiger partial charge is 0.484 e. The normalized spacial score (nSPS) is 12.2.